The highest BCUT2D eigenvalue weighted by Crippen LogP contribution is 2.17. The zero-order chi connectivity index (χ0) is 51.4. The lowest BCUT2D eigenvalue weighted by molar-refractivity contribution is -0.143. The summed E-state index contributed by atoms with van der Waals surface area (Å²) < 4.78 is 5.49. The largest absolute Gasteiger partial charge is 0.466 e. The maximum absolute atomic E-state index is 12.4. The van der Waals surface area contributed by atoms with Crippen LogP contribution in [0.15, 0.2) is 36.5 Å². The highest BCUT2D eigenvalue weighted by molar-refractivity contribution is 5.76. The standard InChI is InChI=1S/C65H123NO5/c1-3-5-7-9-11-13-15-16-17-18-29-32-35-39-43-47-51-55-59-65(70)71-60-56-52-48-44-40-36-33-30-27-25-23-21-19-20-22-24-26-28-31-34-38-42-46-50-54-58-64(69)66-62(61-67)63(68)57-53-49-45-41-37-14-12-10-8-6-4-2/h13,15,17-18,20,22,62-63,67-68H,3-12,14,16,19,21,23-61H2,1-2H3,(H,66,69)/b15-13-,18-17-,22-20-. The number of carbonyl (C=O) groups is 2. The van der Waals surface area contributed by atoms with Crippen molar-refractivity contribution in [3.63, 3.8) is 0 Å². The van der Waals surface area contributed by atoms with Gasteiger partial charge in [0, 0.05) is 12.8 Å². The Morgan fingerprint density at radius 1 is 0.394 bits per heavy atom. The van der Waals surface area contributed by atoms with Gasteiger partial charge in [0.05, 0.1) is 25.4 Å². The molecule has 418 valence electrons. The molecule has 0 aliphatic rings. The number of unbranched alkanes of at least 4 members (excludes halogenated alkanes) is 42. The lowest BCUT2D eigenvalue weighted by Crippen LogP contribution is -2.45. The first-order valence-electron chi connectivity index (χ1n) is 31.7. The fraction of sp³-hybridized carbons (Fsp3) is 0.877. The molecule has 0 aliphatic heterocycles. The zero-order valence-electron chi connectivity index (χ0n) is 47.7. The number of nitrogens with one attached hydrogen (secondary N) is 1. The van der Waals surface area contributed by atoms with Crippen LogP contribution in [0.3, 0.4) is 0 Å². The van der Waals surface area contributed by atoms with E-state index in [4.69, 9.17) is 4.74 Å². The minimum absolute atomic E-state index is 0.00615. The van der Waals surface area contributed by atoms with Gasteiger partial charge in [0.1, 0.15) is 0 Å². The topological polar surface area (TPSA) is 95.9 Å². The Morgan fingerprint density at radius 2 is 0.704 bits per heavy atom. The van der Waals surface area contributed by atoms with Crippen molar-refractivity contribution >= 4 is 11.9 Å². The van der Waals surface area contributed by atoms with Gasteiger partial charge in [-0.25, -0.2) is 0 Å². The van der Waals surface area contributed by atoms with E-state index in [0.29, 0.717) is 25.9 Å². The van der Waals surface area contributed by atoms with Crippen molar-refractivity contribution in [2.75, 3.05) is 13.2 Å². The van der Waals surface area contributed by atoms with Gasteiger partial charge in [0.25, 0.3) is 0 Å². The number of aliphatic hydroxyl groups is 2. The number of carbonyl (C=O) groups excluding carboxylic acids is 2. The second-order valence-corrected chi connectivity index (χ2v) is 21.7. The second kappa shape index (κ2) is 60.6. The van der Waals surface area contributed by atoms with Crippen molar-refractivity contribution in [3.8, 4) is 0 Å². The summed E-state index contributed by atoms with van der Waals surface area (Å²) in [5.74, 6) is -0.0324. The Balaban J connectivity index is 3.37. The number of amides is 1. The van der Waals surface area contributed by atoms with E-state index in [1.165, 1.54) is 257 Å². The predicted octanol–water partition coefficient (Wildman–Crippen LogP) is 20.0. The minimum atomic E-state index is -0.665. The highest BCUT2D eigenvalue weighted by Gasteiger charge is 2.20. The molecule has 0 saturated heterocycles. The van der Waals surface area contributed by atoms with Gasteiger partial charge in [0.15, 0.2) is 0 Å². The molecule has 1 amide bonds. The maximum Gasteiger partial charge on any atom is 0.305 e. The number of allylic oxidation sites excluding steroid dienone is 6. The van der Waals surface area contributed by atoms with Gasteiger partial charge < -0.3 is 20.3 Å². The SMILES string of the molecule is CCCCCC/C=C\C/C=C\CCCCCCCCCC(=O)OCCCCCCCCCCCCCC/C=C\CCCCCCCCCCCC(=O)NC(CO)C(O)CCCCCCCCCCCCC. The van der Waals surface area contributed by atoms with E-state index in [2.05, 4.69) is 55.6 Å². The molecule has 0 saturated carbocycles. The molecule has 0 heterocycles. The monoisotopic (exact) mass is 998 g/mol. The first-order valence-corrected chi connectivity index (χ1v) is 31.7. The average Bonchev–Trinajstić information content (AvgIpc) is 3.37. The fourth-order valence-electron chi connectivity index (χ4n) is 9.78. The van der Waals surface area contributed by atoms with Crippen LogP contribution in [0.4, 0.5) is 0 Å². The molecule has 0 aromatic rings. The summed E-state index contributed by atoms with van der Waals surface area (Å²) in [4.78, 5) is 24.5. The van der Waals surface area contributed by atoms with Crippen LogP contribution in [0, 0.1) is 0 Å². The smallest absolute Gasteiger partial charge is 0.305 e. The predicted molar refractivity (Wildman–Crippen MR) is 310 cm³/mol. The Bertz CT molecular complexity index is 1150. The van der Waals surface area contributed by atoms with E-state index in [0.717, 1.165) is 51.4 Å². The van der Waals surface area contributed by atoms with Crippen LogP contribution in [0.2, 0.25) is 0 Å². The average molecular weight is 999 g/mol. The molecule has 0 spiro atoms. The van der Waals surface area contributed by atoms with Crippen molar-refractivity contribution in [2.45, 2.75) is 353 Å². The molecule has 6 nitrogen and oxygen atoms in total. The highest BCUT2D eigenvalue weighted by atomic mass is 16.5. The minimum Gasteiger partial charge on any atom is -0.466 e. The van der Waals surface area contributed by atoms with E-state index in [1.54, 1.807) is 0 Å². The number of ether oxygens (including phenoxy) is 1. The number of hydrogen-bond acceptors (Lipinski definition) is 5. The van der Waals surface area contributed by atoms with Gasteiger partial charge in [0.2, 0.25) is 5.91 Å². The molecule has 0 radical (unpaired) electrons. The molecule has 0 aliphatic carbocycles. The summed E-state index contributed by atoms with van der Waals surface area (Å²) >= 11 is 0. The molecule has 0 aromatic heterocycles. The van der Waals surface area contributed by atoms with Crippen molar-refractivity contribution in [1.82, 2.24) is 5.32 Å². The number of esters is 1. The van der Waals surface area contributed by atoms with Gasteiger partial charge in [-0.05, 0) is 83.5 Å². The number of aliphatic hydroxyl groups excluding tert-OH is 2. The molecule has 71 heavy (non-hydrogen) atoms. The molecule has 0 bridgehead atoms. The quantitative estimate of drug-likeness (QED) is 0.0321. The van der Waals surface area contributed by atoms with E-state index < -0.39 is 12.1 Å². The van der Waals surface area contributed by atoms with Crippen molar-refractivity contribution in [1.29, 1.82) is 0 Å². The lowest BCUT2D eigenvalue weighted by atomic mass is 10.0. The molecular formula is C65H123NO5. The first-order chi connectivity index (χ1) is 35.0. The zero-order valence-corrected chi connectivity index (χ0v) is 47.7. The third-order valence-electron chi connectivity index (χ3n) is 14.7. The molecule has 0 aromatic carbocycles. The lowest BCUT2D eigenvalue weighted by Gasteiger charge is -2.22. The van der Waals surface area contributed by atoms with Gasteiger partial charge >= 0.3 is 5.97 Å². The number of hydrogen-bond donors (Lipinski definition) is 3. The Hall–Kier alpha value is -1.92. The summed E-state index contributed by atoms with van der Waals surface area (Å²) in [7, 11) is 0. The van der Waals surface area contributed by atoms with Crippen LogP contribution in [0.5, 0.6) is 0 Å². The summed E-state index contributed by atoms with van der Waals surface area (Å²) in [6.45, 7) is 4.93. The molecular weight excluding hydrogens is 875 g/mol. The van der Waals surface area contributed by atoms with E-state index in [-0.39, 0.29) is 18.5 Å². The number of rotatable bonds is 59. The molecule has 2 unspecified atom stereocenters. The second-order valence-electron chi connectivity index (χ2n) is 21.7. The molecule has 3 N–H and O–H groups in total. The van der Waals surface area contributed by atoms with Crippen molar-refractivity contribution < 1.29 is 24.5 Å². The van der Waals surface area contributed by atoms with Gasteiger partial charge in [-0.15, -0.1) is 0 Å². The van der Waals surface area contributed by atoms with Crippen LogP contribution in [-0.4, -0.2) is 47.4 Å². The molecule has 2 atom stereocenters. The van der Waals surface area contributed by atoms with Crippen molar-refractivity contribution in [3.05, 3.63) is 36.5 Å². The van der Waals surface area contributed by atoms with Crippen molar-refractivity contribution in [2.24, 2.45) is 0 Å². The third-order valence-corrected chi connectivity index (χ3v) is 14.7. The van der Waals surface area contributed by atoms with Gasteiger partial charge in [-0.3, -0.25) is 9.59 Å². The molecule has 0 rings (SSSR count). The first kappa shape index (κ1) is 69.1. The summed E-state index contributed by atoms with van der Waals surface area (Å²) in [5, 5.41) is 23.2. The normalized spacial score (nSPS) is 12.8. The Morgan fingerprint density at radius 3 is 1.10 bits per heavy atom. The Labute approximate surface area is 443 Å². The summed E-state index contributed by atoms with van der Waals surface area (Å²) in [6, 6.07) is -0.543. The van der Waals surface area contributed by atoms with Gasteiger partial charge in [-0.1, -0.05) is 281 Å². The van der Waals surface area contributed by atoms with Crippen LogP contribution in [0.1, 0.15) is 341 Å². The molecule has 0 fully saturated rings. The van der Waals surface area contributed by atoms with Crippen LogP contribution < -0.4 is 5.32 Å². The van der Waals surface area contributed by atoms with Crippen LogP contribution >= 0.6 is 0 Å². The Kier molecular flexibility index (Phi) is 59.0. The maximum atomic E-state index is 12.4. The van der Waals surface area contributed by atoms with Crippen LogP contribution in [-0.2, 0) is 14.3 Å². The molecule has 6 heteroatoms. The van der Waals surface area contributed by atoms with E-state index >= 15 is 0 Å². The van der Waals surface area contributed by atoms with Crippen LogP contribution in [0.25, 0.3) is 0 Å². The summed E-state index contributed by atoms with van der Waals surface area (Å²) in [6.07, 6.45) is 75.9. The van der Waals surface area contributed by atoms with Gasteiger partial charge in [-0.2, -0.15) is 0 Å². The summed E-state index contributed by atoms with van der Waals surface area (Å²) in [5.41, 5.74) is 0. The van der Waals surface area contributed by atoms with E-state index in [9.17, 15) is 19.8 Å². The van der Waals surface area contributed by atoms with E-state index in [1.807, 2.05) is 0 Å². The fourth-order valence-corrected chi connectivity index (χ4v) is 9.78. The third kappa shape index (κ3) is 57.2.